The van der Waals surface area contributed by atoms with Gasteiger partial charge in [0.1, 0.15) is 6.17 Å². The number of aromatic nitrogens is 2. The lowest BCUT2D eigenvalue weighted by atomic mass is 9.81. The first-order valence-electron chi connectivity index (χ1n) is 8.64. The van der Waals surface area contributed by atoms with Crippen LogP contribution in [0, 0.1) is 0 Å². The van der Waals surface area contributed by atoms with Crippen molar-refractivity contribution in [2.24, 2.45) is 0 Å². The second kappa shape index (κ2) is 6.44. The maximum absolute atomic E-state index is 13.0. The van der Waals surface area contributed by atoms with E-state index in [-0.39, 0.29) is 5.92 Å². The summed E-state index contributed by atoms with van der Waals surface area (Å²) in [5.41, 5.74) is 5.13. The summed E-state index contributed by atoms with van der Waals surface area (Å²) in [6.07, 6.45) is 8.02. The number of nitrogens with zero attached hydrogens (tertiary/aromatic N) is 3. The molecule has 1 aromatic carbocycles. The fourth-order valence-electron chi connectivity index (χ4n) is 3.93. The van der Waals surface area contributed by atoms with E-state index in [1.54, 1.807) is 12.4 Å². The standard InChI is InChI=1S/C20H22FN3/c1-14(19-11-22-7-8-23-19)20-16(6-9-24-12-17(21)13-24)10-15-4-2-3-5-18(15)20/h2-5,7-8,10-11,14,17,20H,6,9,12-13H2,1H3. The molecule has 2 aliphatic rings. The van der Waals surface area contributed by atoms with Crippen LogP contribution in [0.1, 0.15) is 42.0 Å². The van der Waals surface area contributed by atoms with Crippen molar-refractivity contribution in [3.8, 4) is 0 Å². The number of benzene rings is 1. The lowest BCUT2D eigenvalue weighted by Crippen LogP contribution is -2.48. The number of hydrogen-bond acceptors (Lipinski definition) is 3. The van der Waals surface area contributed by atoms with Gasteiger partial charge in [-0.2, -0.15) is 0 Å². The minimum absolute atomic E-state index is 0.277. The Morgan fingerprint density at radius 1 is 1.25 bits per heavy atom. The van der Waals surface area contributed by atoms with Crippen molar-refractivity contribution in [3.05, 3.63) is 65.2 Å². The van der Waals surface area contributed by atoms with Gasteiger partial charge in [0.2, 0.25) is 0 Å². The van der Waals surface area contributed by atoms with E-state index in [2.05, 4.69) is 52.1 Å². The maximum atomic E-state index is 13.0. The van der Waals surface area contributed by atoms with Gasteiger partial charge in [0.25, 0.3) is 0 Å². The van der Waals surface area contributed by atoms with Gasteiger partial charge in [0.15, 0.2) is 0 Å². The Hall–Kier alpha value is -2.07. The SMILES string of the molecule is CC(c1cnccn1)C1C(CCN2CC(F)C2)=Cc2ccccc21. The Balaban J connectivity index is 1.57. The van der Waals surface area contributed by atoms with E-state index in [0.717, 1.165) is 18.7 Å². The number of likely N-dealkylation sites (tertiary alicyclic amines) is 1. The van der Waals surface area contributed by atoms with Gasteiger partial charge >= 0.3 is 0 Å². The number of fused-ring (bicyclic) bond motifs is 1. The maximum Gasteiger partial charge on any atom is 0.125 e. The summed E-state index contributed by atoms with van der Waals surface area (Å²) in [6.45, 7) is 4.34. The number of rotatable bonds is 5. The molecule has 2 heterocycles. The number of halogens is 1. The fraction of sp³-hybridized carbons (Fsp3) is 0.400. The molecule has 0 saturated carbocycles. The molecule has 1 saturated heterocycles. The normalized spacial score (nSPS) is 21.9. The van der Waals surface area contributed by atoms with Gasteiger partial charge in [-0.1, -0.05) is 42.8 Å². The fourth-order valence-corrected chi connectivity index (χ4v) is 3.93. The van der Waals surface area contributed by atoms with Crippen molar-refractivity contribution in [3.63, 3.8) is 0 Å². The lowest BCUT2D eigenvalue weighted by Gasteiger charge is -2.35. The average Bonchev–Trinajstić information content (AvgIpc) is 2.96. The molecule has 0 bridgehead atoms. The summed E-state index contributed by atoms with van der Waals surface area (Å²) >= 11 is 0. The Labute approximate surface area is 142 Å². The second-order valence-electron chi connectivity index (χ2n) is 6.85. The third kappa shape index (κ3) is 2.86. The van der Waals surface area contributed by atoms with Crippen LogP contribution < -0.4 is 0 Å². The highest BCUT2D eigenvalue weighted by atomic mass is 19.1. The van der Waals surface area contributed by atoms with Crippen LogP contribution in [0.2, 0.25) is 0 Å². The van der Waals surface area contributed by atoms with Crippen LogP contribution in [-0.2, 0) is 0 Å². The summed E-state index contributed by atoms with van der Waals surface area (Å²) in [4.78, 5) is 10.9. The van der Waals surface area contributed by atoms with Crippen LogP contribution in [-0.4, -0.2) is 40.7 Å². The topological polar surface area (TPSA) is 29.0 Å². The van der Waals surface area contributed by atoms with Crippen LogP contribution >= 0.6 is 0 Å². The third-order valence-corrected chi connectivity index (χ3v) is 5.25. The van der Waals surface area contributed by atoms with Gasteiger partial charge in [-0.05, 0) is 17.5 Å². The highest BCUT2D eigenvalue weighted by Gasteiger charge is 2.32. The average molecular weight is 323 g/mol. The van der Waals surface area contributed by atoms with Crippen LogP contribution in [0.15, 0.2) is 48.4 Å². The van der Waals surface area contributed by atoms with Gasteiger partial charge in [-0.15, -0.1) is 0 Å². The van der Waals surface area contributed by atoms with E-state index in [0.29, 0.717) is 19.0 Å². The predicted octanol–water partition coefficient (Wildman–Crippen LogP) is 3.80. The molecule has 2 atom stereocenters. The van der Waals surface area contributed by atoms with Gasteiger partial charge in [0, 0.05) is 50.1 Å². The minimum Gasteiger partial charge on any atom is -0.297 e. The van der Waals surface area contributed by atoms with Crippen molar-refractivity contribution in [1.29, 1.82) is 0 Å². The smallest absolute Gasteiger partial charge is 0.125 e. The summed E-state index contributed by atoms with van der Waals surface area (Å²) in [5, 5.41) is 0. The van der Waals surface area contributed by atoms with E-state index >= 15 is 0 Å². The summed E-state index contributed by atoms with van der Waals surface area (Å²) in [7, 11) is 0. The zero-order chi connectivity index (χ0) is 16.5. The van der Waals surface area contributed by atoms with Gasteiger partial charge in [-0.25, -0.2) is 4.39 Å². The first-order valence-corrected chi connectivity index (χ1v) is 8.64. The molecule has 0 N–H and O–H groups in total. The van der Waals surface area contributed by atoms with E-state index in [1.165, 1.54) is 16.7 Å². The van der Waals surface area contributed by atoms with E-state index in [9.17, 15) is 4.39 Å². The van der Waals surface area contributed by atoms with Crippen molar-refractivity contribution in [2.75, 3.05) is 19.6 Å². The Morgan fingerprint density at radius 2 is 2.08 bits per heavy atom. The molecule has 0 radical (unpaired) electrons. The lowest BCUT2D eigenvalue weighted by molar-refractivity contribution is 0.0667. The molecule has 2 aromatic rings. The molecule has 0 amide bonds. The zero-order valence-corrected chi connectivity index (χ0v) is 13.9. The molecule has 1 aliphatic carbocycles. The van der Waals surface area contributed by atoms with E-state index in [1.807, 2.05) is 6.20 Å². The molecule has 3 nitrogen and oxygen atoms in total. The molecular weight excluding hydrogens is 301 g/mol. The van der Waals surface area contributed by atoms with Crippen molar-refractivity contribution in [1.82, 2.24) is 14.9 Å². The van der Waals surface area contributed by atoms with E-state index < -0.39 is 6.17 Å². The molecule has 0 spiro atoms. The quantitative estimate of drug-likeness (QED) is 0.838. The second-order valence-corrected chi connectivity index (χ2v) is 6.85. The first kappa shape index (κ1) is 15.5. The van der Waals surface area contributed by atoms with Crippen molar-refractivity contribution in [2.45, 2.75) is 31.4 Å². The number of alkyl halides is 1. The van der Waals surface area contributed by atoms with Gasteiger partial charge in [0.05, 0.1) is 5.69 Å². The molecular formula is C20H22FN3. The highest BCUT2D eigenvalue weighted by molar-refractivity contribution is 5.67. The highest BCUT2D eigenvalue weighted by Crippen LogP contribution is 2.45. The molecule has 1 fully saturated rings. The largest absolute Gasteiger partial charge is 0.297 e. The Bertz CT molecular complexity index is 738. The monoisotopic (exact) mass is 323 g/mol. The van der Waals surface area contributed by atoms with Gasteiger partial charge in [-0.3, -0.25) is 14.9 Å². The Kier molecular flexibility index (Phi) is 4.15. The summed E-state index contributed by atoms with van der Waals surface area (Å²) in [6, 6.07) is 8.60. The van der Waals surface area contributed by atoms with Crippen LogP contribution in [0.3, 0.4) is 0 Å². The zero-order valence-electron chi connectivity index (χ0n) is 13.9. The summed E-state index contributed by atoms with van der Waals surface area (Å²) < 4.78 is 13.0. The predicted molar refractivity (Wildman–Crippen MR) is 93.6 cm³/mol. The minimum atomic E-state index is -0.630. The molecule has 1 aromatic heterocycles. The van der Waals surface area contributed by atoms with Crippen LogP contribution in [0.25, 0.3) is 6.08 Å². The molecule has 124 valence electrons. The molecule has 24 heavy (non-hydrogen) atoms. The third-order valence-electron chi connectivity index (χ3n) is 5.25. The van der Waals surface area contributed by atoms with Crippen LogP contribution in [0.5, 0.6) is 0 Å². The molecule has 2 unspecified atom stereocenters. The Morgan fingerprint density at radius 3 is 2.83 bits per heavy atom. The van der Waals surface area contributed by atoms with Crippen LogP contribution in [0.4, 0.5) is 4.39 Å². The number of hydrogen-bond donors (Lipinski definition) is 0. The van der Waals surface area contributed by atoms with Gasteiger partial charge < -0.3 is 0 Å². The summed E-state index contributed by atoms with van der Waals surface area (Å²) in [5.74, 6) is 0.610. The van der Waals surface area contributed by atoms with E-state index in [4.69, 9.17) is 0 Å². The first-order chi connectivity index (χ1) is 11.7. The molecule has 4 heteroatoms. The van der Waals surface area contributed by atoms with Crippen molar-refractivity contribution < 1.29 is 4.39 Å². The van der Waals surface area contributed by atoms with Crippen molar-refractivity contribution >= 4 is 6.08 Å². The molecule has 4 rings (SSSR count). The molecule has 1 aliphatic heterocycles.